The molecule has 0 aliphatic rings. The second-order valence-electron chi connectivity index (χ2n) is 4.91. The van der Waals surface area contributed by atoms with Gasteiger partial charge in [0.1, 0.15) is 11.5 Å². The molecule has 0 unspecified atom stereocenters. The number of nitrogens with one attached hydrogen (secondary N) is 1. The summed E-state index contributed by atoms with van der Waals surface area (Å²) in [6.07, 6.45) is 1.76. The number of hydrogen-bond acceptors (Lipinski definition) is 3. The Morgan fingerprint density at radius 2 is 1.86 bits per heavy atom. The Hall–Kier alpha value is -2.49. The summed E-state index contributed by atoms with van der Waals surface area (Å²) >= 11 is 0. The second-order valence-corrected chi connectivity index (χ2v) is 4.91. The molecular formula is C18H21NO3. The molecule has 1 N–H and O–H groups in total. The summed E-state index contributed by atoms with van der Waals surface area (Å²) in [4.78, 5) is 12.1. The monoisotopic (exact) mass is 299 g/mol. The maximum atomic E-state index is 12.1. The van der Waals surface area contributed by atoms with Gasteiger partial charge in [0.05, 0.1) is 19.8 Å². The summed E-state index contributed by atoms with van der Waals surface area (Å²) in [7, 11) is 3.22. The third kappa shape index (κ3) is 4.25. The van der Waals surface area contributed by atoms with Gasteiger partial charge in [-0.2, -0.15) is 0 Å². The number of aryl methyl sites for hydroxylation is 1. The Morgan fingerprint density at radius 3 is 2.64 bits per heavy atom. The summed E-state index contributed by atoms with van der Waals surface area (Å²) in [5.74, 6) is 1.34. The van der Waals surface area contributed by atoms with Gasteiger partial charge >= 0.3 is 0 Å². The van der Waals surface area contributed by atoms with Gasteiger partial charge in [0.2, 0.25) is 0 Å². The van der Waals surface area contributed by atoms with Gasteiger partial charge in [-0.1, -0.05) is 24.3 Å². The lowest BCUT2D eigenvalue weighted by Crippen LogP contribution is -2.25. The predicted octanol–water partition coefficient (Wildman–Crippen LogP) is 3.07. The Morgan fingerprint density at radius 1 is 1.05 bits per heavy atom. The van der Waals surface area contributed by atoms with Crippen LogP contribution in [0.4, 0.5) is 0 Å². The van der Waals surface area contributed by atoms with E-state index in [1.54, 1.807) is 26.4 Å². The number of benzene rings is 2. The predicted molar refractivity (Wildman–Crippen MR) is 86.6 cm³/mol. The minimum Gasteiger partial charge on any atom is -0.497 e. The first-order chi connectivity index (χ1) is 10.7. The van der Waals surface area contributed by atoms with Gasteiger partial charge in [-0.25, -0.2) is 0 Å². The van der Waals surface area contributed by atoms with E-state index in [4.69, 9.17) is 9.47 Å². The zero-order valence-electron chi connectivity index (χ0n) is 13.0. The van der Waals surface area contributed by atoms with E-state index in [1.165, 1.54) is 5.56 Å². The molecule has 0 atom stereocenters. The third-order valence-electron chi connectivity index (χ3n) is 3.41. The lowest BCUT2D eigenvalue weighted by Gasteiger charge is -2.09. The Labute approximate surface area is 131 Å². The molecule has 2 aromatic carbocycles. The van der Waals surface area contributed by atoms with Crippen molar-refractivity contribution in [2.75, 3.05) is 20.8 Å². The van der Waals surface area contributed by atoms with E-state index in [9.17, 15) is 4.79 Å². The first-order valence-corrected chi connectivity index (χ1v) is 7.28. The van der Waals surface area contributed by atoms with Crippen molar-refractivity contribution < 1.29 is 14.3 Å². The zero-order valence-corrected chi connectivity index (χ0v) is 13.0. The van der Waals surface area contributed by atoms with E-state index in [-0.39, 0.29) is 5.91 Å². The fraction of sp³-hybridized carbons (Fsp3) is 0.278. The van der Waals surface area contributed by atoms with Gasteiger partial charge < -0.3 is 14.8 Å². The minimum absolute atomic E-state index is 0.108. The molecule has 22 heavy (non-hydrogen) atoms. The number of rotatable bonds is 7. The molecule has 0 saturated carbocycles. The van der Waals surface area contributed by atoms with E-state index in [2.05, 4.69) is 11.4 Å². The van der Waals surface area contributed by atoms with Crippen molar-refractivity contribution in [1.82, 2.24) is 5.32 Å². The first-order valence-electron chi connectivity index (χ1n) is 7.28. The van der Waals surface area contributed by atoms with Crippen molar-refractivity contribution >= 4 is 5.91 Å². The number of para-hydroxylation sites is 1. The molecule has 0 bridgehead atoms. The Kier molecular flexibility index (Phi) is 5.83. The quantitative estimate of drug-likeness (QED) is 0.799. The number of carbonyl (C=O) groups is 1. The Balaban J connectivity index is 1.82. The molecule has 0 fully saturated rings. The summed E-state index contributed by atoms with van der Waals surface area (Å²) < 4.78 is 10.4. The molecule has 0 aliphatic heterocycles. The fourth-order valence-corrected chi connectivity index (χ4v) is 2.25. The van der Waals surface area contributed by atoms with Crippen LogP contribution in [0.5, 0.6) is 11.5 Å². The van der Waals surface area contributed by atoms with Gasteiger partial charge in [-0.3, -0.25) is 4.79 Å². The van der Waals surface area contributed by atoms with Crippen molar-refractivity contribution in [3.63, 3.8) is 0 Å². The number of hydrogen-bond donors (Lipinski definition) is 1. The van der Waals surface area contributed by atoms with E-state index in [1.807, 2.05) is 30.3 Å². The SMILES string of the molecule is COc1cccc(CCCNC(=O)c2ccccc2OC)c1. The molecule has 0 radical (unpaired) electrons. The van der Waals surface area contributed by atoms with Crippen LogP contribution in [0, 0.1) is 0 Å². The van der Waals surface area contributed by atoms with E-state index in [0.29, 0.717) is 17.9 Å². The van der Waals surface area contributed by atoms with E-state index in [0.717, 1.165) is 18.6 Å². The topological polar surface area (TPSA) is 47.6 Å². The van der Waals surface area contributed by atoms with Crippen LogP contribution in [0.2, 0.25) is 0 Å². The third-order valence-corrected chi connectivity index (χ3v) is 3.41. The first kappa shape index (κ1) is 15.9. The molecule has 0 heterocycles. The summed E-state index contributed by atoms with van der Waals surface area (Å²) in [5, 5.41) is 2.92. The number of amides is 1. The standard InChI is InChI=1S/C18H21NO3/c1-21-15-9-5-7-14(13-15)8-6-12-19-18(20)16-10-3-4-11-17(16)22-2/h3-5,7,9-11,13H,6,8,12H2,1-2H3,(H,19,20). The van der Waals surface area contributed by atoms with E-state index >= 15 is 0 Å². The molecule has 116 valence electrons. The van der Waals surface area contributed by atoms with Crippen molar-refractivity contribution in [3.05, 3.63) is 59.7 Å². The van der Waals surface area contributed by atoms with Crippen LogP contribution in [0.1, 0.15) is 22.3 Å². The Bertz CT molecular complexity index is 625. The number of methoxy groups -OCH3 is 2. The van der Waals surface area contributed by atoms with Crippen LogP contribution in [0.15, 0.2) is 48.5 Å². The maximum Gasteiger partial charge on any atom is 0.255 e. The molecule has 4 nitrogen and oxygen atoms in total. The summed E-state index contributed by atoms with van der Waals surface area (Å²) in [5.41, 5.74) is 1.76. The van der Waals surface area contributed by atoms with Crippen LogP contribution >= 0.6 is 0 Å². The van der Waals surface area contributed by atoms with Gasteiger partial charge in [0.25, 0.3) is 5.91 Å². The molecule has 4 heteroatoms. The molecule has 0 aromatic heterocycles. The highest BCUT2D eigenvalue weighted by atomic mass is 16.5. The van der Waals surface area contributed by atoms with Crippen LogP contribution in [-0.2, 0) is 6.42 Å². The van der Waals surface area contributed by atoms with Gasteiger partial charge in [0, 0.05) is 6.54 Å². The van der Waals surface area contributed by atoms with Gasteiger partial charge in [0.15, 0.2) is 0 Å². The van der Waals surface area contributed by atoms with Gasteiger partial charge in [-0.05, 0) is 42.7 Å². The van der Waals surface area contributed by atoms with Crippen molar-refractivity contribution in [1.29, 1.82) is 0 Å². The van der Waals surface area contributed by atoms with Gasteiger partial charge in [-0.15, -0.1) is 0 Å². The second kappa shape index (κ2) is 8.08. The average molecular weight is 299 g/mol. The highest BCUT2D eigenvalue weighted by Crippen LogP contribution is 2.17. The highest BCUT2D eigenvalue weighted by Gasteiger charge is 2.10. The van der Waals surface area contributed by atoms with Crippen molar-refractivity contribution in [2.45, 2.75) is 12.8 Å². The van der Waals surface area contributed by atoms with E-state index < -0.39 is 0 Å². The molecule has 1 amide bonds. The smallest absolute Gasteiger partial charge is 0.255 e. The molecule has 0 aliphatic carbocycles. The summed E-state index contributed by atoms with van der Waals surface area (Å²) in [6.45, 7) is 0.619. The van der Waals surface area contributed by atoms with Crippen LogP contribution in [0.25, 0.3) is 0 Å². The molecule has 2 aromatic rings. The largest absolute Gasteiger partial charge is 0.497 e. The summed E-state index contributed by atoms with van der Waals surface area (Å²) in [6, 6.07) is 15.2. The molecule has 0 spiro atoms. The number of ether oxygens (including phenoxy) is 2. The fourth-order valence-electron chi connectivity index (χ4n) is 2.25. The van der Waals surface area contributed by atoms with Crippen molar-refractivity contribution in [3.8, 4) is 11.5 Å². The maximum absolute atomic E-state index is 12.1. The van der Waals surface area contributed by atoms with Crippen LogP contribution in [0.3, 0.4) is 0 Å². The molecular weight excluding hydrogens is 278 g/mol. The molecule has 0 saturated heterocycles. The number of carbonyl (C=O) groups excluding carboxylic acids is 1. The highest BCUT2D eigenvalue weighted by molar-refractivity contribution is 5.96. The lowest BCUT2D eigenvalue weighted by molar-refractivity contribution is 0.0950. The van der Waals surface area contributed by atoms with Crippen LogP contribution < -0.4 is 14.8 Å². The van der Waals surface area contributed by atoms with Crippen molar-refractivity contribution in [2.24, 2.45) is 0 Å². The zero-order chi connectivity index (χ0) is 15.8. The normalized spacial score (nSPS) is 10.1. The average Bonchev–Trinajstić information content (AvgIpc) is 2.58. The lowest BCUT2D eigenvalue weighted by atomic mass is 10.1. The van der Waals surface area contributed by atoms with Crippen LogP contribution in [-0.4, -0.2) is 26.7 Å². The minimum atomic E-state index is -0.108. The molecule has 2 rings (SSSR count).